The average molecular weight is 299 g/mol. The Bertz CT molecular complexity index is 597. The fourth-order valence-electron chi connectivity index (χ4n) is 1.61. The molecule has 0 spiro atoms. The largest absolute Gasteiger partial charge is 0.383 e. The predicted molar refractivity (Wildman–Crippen MR) is 75.5 cm³/mol. The molecule has 1 aromatic carbocycles. The van der Waals surface area contributed by atoms with Crippen LogP contribution in [0.5, 0.6) is 0 Å². The fraction of sp³-hybridized carbons (Fsp3) is 0.167. The summed E-state index contributed by atoms with van der Waals surface area (Å²) in [6.07, 6.45) is 2.00. The number of nitrogens with zero attached hydrogens (tertiary/aromatic N) is 1. The standard InChI is InChI=1S/C12H12Cl2N4O/c13-8-2-1-7(10(14)5-8)3-4-16-12(19)9-6-17-18-11(9)15/h1-2,5-6H,3-4H2,(H,16,19)(H3,15,17,18). The van der Waals surface area contributed by atoms with Gasteiger partial charge in [-0.05, 0) is 24.1 Å². The molecule has 0 aliphatic rings. The molecule has 0 unspecified atom stereocenters. The van der Waals surface area contributed by atoms with Gasteiger partial charge in [0.05, 0.1) is 6.20 Å². The maximum Gasteiger partial charge on any atom is 0.256 e. The number of aromatic nitrogens is 2. The Morgan fingerprint density at radius 1 is 1.42 bits per heavy atom. The van der Waals surface area contributed by atoms with Crippen LogP contribution in [0.4, 0.5) is 5.82 Å². The van der Waals surface area contributed by atoms with Crippen LogP contribution in [-0.4, -0.2) is 22.6 Å². The Labute approximate surface area is 120 Å². The molecule has 7 heteroatoms. The van der Waals surface area contributed by atoms with Gasteiger partial charge in [-0.25, -0.2) is 0 Å². The number of nitrogens with two attached hydrogens (primary N) is 1. The van der Waals surface area contributed by atoms with Crippen molar-refractivity contribution < 1.29 is 4.79 Å². The number of carbonyl (C=O) groups is 1. The number of hydrogen-bond acceptors (Lipinski definition) is 3. The van der Waals surface area contributed by atoms with Gasteiger partial charge < -0.3 is 11.1 Å². The molecule has 0 atom stereocenters. The molecule has 19 heavy (non-hydrogen) atoms. The summed E-state index contributed by atoms with van der Waals surface area (Å²) in [5.74, 6) is -0.0154. The summed E-state index contributed by atoms with van der Waals surface area (Å²) in [5, 5.41) is 10.1. The lowest BCUT2D eigenvalue weighted by atomic mass is 10.1. The third-order valence-electron chi connectivity index (χ3n) is 2.61. The Kier molecular flexibility index (Phi) is 4.29. The van der Waals surface area contributed by atoms with E-state index in [4.69, 9.17) is 28.9 Å². The molecule has 0 aliphatic heterocycles. The predicted octanol–water partition coefficient (Wildman–Crippen LogP) is 2.27. The van der Waals surface area contributed by atoms with Crippen molar-refractivity contribution in [2.75, 3.05) is 12.3 Å². The van der Waals surface area contributed by atoms with Crippen molar-refractivity contribution in [3.63, 3.8) is 0 Å². The average Bonchev–Trinajstić information content (AvgIpc) is 2.78. The number of amides is 1. The van der Waals surface area contributed by atoms with Gasteiger partial charge in [-0.15, -0.1) is 0 Å². The van der Waals surface area contributed by atoms with E-state index in [0.29, 0.717) is 28.6 Å². The van der Waals surface area contributed by atoms with Crippen LogP contribution >= 0.6 is 23.2 Å². The molecule has 0 radical (unpaired) electrons. The van der Waals surface area contributed by atoms with Crippen LogP contribution in [0.15, 0.2) is 24.4 Å². The maximum absolute atomic E-state index is 11.8. The Hall–Kier alpha value is -1.72. The minimum atomic E-state index is -0.267. The van der Waals surface area contributed by atoms with Crippen molar-refractivity contribution in [1.82, 2.24) is 15.5 Å². The van der Waals surface area contributed by atoms with Crippen molar-refractivity contribution >= 4 is 34.9 Å². The first-order valence-corrected chi connectivity index (χ1v) is 6.34. The molecule has 0 saturated heterocycles. The SMILES string of the molecule is Nc1[nH]ncc1C(=O)NCCc1ccc(Cl)cc1Cl. The first-order valence-electron chi connectivity index (χ1n) is 5.59. The third kappa shape index (κ3) is 3.39. The summed E-state index contributed by atoms with van der Waals surface area (Å²) in [6.45, 7) is 0.449. The van der Waals surface area contributed by atoms with Crippen molar-refractivity contribution in [1.29, 1.82) is 0 Å². The number of nitrogen functional groups attached to an aromatic ring is 1. The zero-order chi connectivity index (χ0) is 13.8. The van der Waals surface area contributed by atoms with E-state index in [1.165, 1.54) is 6.20 Å². The number of anilines is 1. The van der Waals surface area contributed by atoms with Crippen LogP contribution in [0, 0.1) is 0 Å². The topological polar surface area (TPSA) is 83.8 Å². The number of rotatable bonds is 4. The number of aromatic amines is 1. The van der Waals surface area contributed by atoms with Gasteiger partial charge in [0, 0.05) is 16.6 Å². The molecular weight excluding hydrogens is 287 g/mol. The molecule has 100 valence electrons. The lowest BCUT2D eigenvalue weighted by Crippen LogP contribution is -2.26. The molecule has 1 aromatic heterocycles. The minimum Gasteiger partial charge on any atom is -0.383 e. The minimum absolute atomic E-state index is 0.252. The van der Waals surface area contributed by atoms with Crippen molar-refractivity contribution in [3.05, 3.63) is 45.6 Å². The monoisotopic (exact) mass is 298 g/mol. The molecule has 0 bridgehead atoms. The molecule has 1 heterocycles. The normalized spacial score (nSPS) is 10.4. The van der Waals surface area contributed by atoms with E-state index >= 15 is 0 Å². The number of carbonyl (C=O) groups excluding carboxylic acids is 1. The van der Waals surface area contributed by atoms with Gasteiger partial charge in [0.2, 0.25) is 0 Å². The molecule has 0 aliphatic carbocycles. The summed E-state index contributed by atoms with van der Waals surface area (Å²) in [4.78, 5) is 11.8. The quantitative estimate of drug-likeness (QED) is 0.809. The smallest absolute Gasteiger partial charge is 0.256 e. The van der Waals surface area contributed by atoms with Crippen LogP contribution in [-0.2, 0) is 6.42 Å². The molecule has 2 aromatic rings. The highest BCUT2D eigenvalue weighted by molar-refractivity contribution is 6.35. The van der Waals surface area contributed by atoms with Crippen molar-refractivity contribution in [2.45, 2.75) is 6.42 Å². The first-order chi connectivity index (χ1) is 9.08. The van der Waals surface area contributed by atoms with Crippen molar-refractivity contribution in [2.24, 2.45) is 0 Å². The highest BCUT2D eigenvalue weighted by atomic mass is 35.5. The zero-order valence-electron chi connectivity index (χ0n) is 9.91. The maximum atomic E-state index is 11.8. The van der Waals surface area contributed by atoms with E-state index in [2.05, 4.69) is 15.5 Å². The van der Waals surface area contributed by atoms with Gasteiger partial charge in [-0.1, -0.05) is 29.3 Å². The summed E-state index contributed by atoms with van der Waals surface area (Å²) in [5.41, 5.74) is 6.81. The second kappa shape index (κ2) is 5.95. The molecule has 1 amide bonds. The Morgan fingerprint density at radius 2 is 2.21 bits per heavy atom. The second-order valence-electron chi connectivity index (χ2n) is 3.94. The molecule has 4 N–H and O–H groups in total. The van der Waals surface area contributed by atoms with E-state index in [-0.39, 0.29) is 11.7 Å². The van der Waals surface area contributed by atoms with E-state index in [9.17, 15) is 4.79 Å². The second-order valence-corrected chi connectivity index (χ2v) is 4.78. The summed E-state index contributed by atoms with van der Waals surface area (Å²) in [7, 11) is 0. The van der Waals surface area contributed by atoms with Gasteiger partial charge in [0.25, 0.3) is 5.91 Å². The zero-order valence-corrected chi connectivity index (χ0v) is 11.4. The van der Waals surface area contributed by atoms with Gasteiger partial charge >= 0.3 is 0 Å². The first kappa shape index (κ1) is 13.7. The van der Waals surface area contributed by atoms with Crippen LogP contribution < -0.4 is 11.1 Å². The number of hydrogen-bond donors (Lipinski definition) is 3. The van der Waals surface area contributed by atoms with Gasteiger partial charge in [0.1, 0.15) is 11.4 Å². The summed E-state index contributed by atoms with van der Waals surface area (Å²) >= 11 is 11.8. The van der Waals surface area contributed by atoms with Gasteiger partial charge in [-0.3, -0.25) is 9.89 Å². The van der Waals surface area contributed by atoms with Crippen LogP contribution in [0.1, 0.15) is 15.9 Å². The third-order valence-corrected chi connectivity index (χ3v) is 3.20. The highest BCUT2D eigenvalue weighted by Crippen LogP contribution is 2.21. The van der Waals surface area contributed by atoms with E-state index in [1.54, 1.807) is 12.1 Å². The lowest BCUT2D eigenvalue weighted by molar-refractivity contribution is 0.0955. The molecule has 0 fully saturated rings. The molecule has 0 saturated carbocycles. The van der Waals surface area contributed by atoms with Gasteiger partial charge in [0.15, 0.2) is 0 Å². The van der Waals surface area contributed by atoms with Gasteiger partial charge in [-0.2, -0.15) is 5.10 Å². The van der Waals surface area contributed by atoms with Crippen molar-refractivity contribution in [3.8, 4) is 0 Å². The van der Waals surface area contributed by atoms with E-state index < -0.39 is 0 Å². The Balaban J connectivity index is 1.90. The van der Waals surface area contributed by atoms with E-state index in [0.717, 1.165) is 5.56 Å². The lowest BCUT2D eigenvalue weighted by Gasteiger charge is -2.06. The molecule has 5 nitrogen and oxygen atoms in total. The van der Waals surface area contributed by atoms with Crippen LogP contribution in [0.25, 0.3) is 0 Å². The number of nitrogens with one attached hydrogen (secondary N) is 2. The summed E-state index contributed by atoms with van der Waals surface area (Å²) in [6, 6.07) is 5.27. The van der Waals surface area contributed by atoms with Crippen LogP contribution in [0.2, 0.25) is 10.0 Å². The fourth-order valence-corrected chi connectivity index (χ4v) is 2.11. The number of benzene rings is 1. The Morgan fingerprint density at radius 3 is 2.84 bits per heavy atom. The number of H-pyrrole nitrogens is 1. The molecule has 2 rings (SSSR count). The van der Waals surface area contributed by atoms with E-state index in [1.807, 2.05) is 6.07 Å². The molecular formula is C12H12Cl2N4O. The summed E-state index contributed by atoms with van der Waals surface area (Å²) < 4.78 is 0. The van der Waals surface area contributed by atoms with Crippen LogP contribution in [0.3, 0.4) is 0 Å². The number of halogens is 2. The highest BCUT2D eigenvalue weighted by Gasteiger charge is 2.11.